The molecule has 1 amide bonds. The van der Waals surface area contributed by atoms with Crippen molar-refractivity contribution >= 4 is 12.0 Å². The van der Waals surface area contributed by atoms with Crippen LogP contribution >= 0.6 is 0 Å². The SMILES string of the molecule is CC[C@H](CO)NC(=O)/C=C/c1ccc(C2CC2C)o1. The van der Waals surface area contributed by atoms with Crippen LogP contribution in [-0.4, -0.2) is 23.7 Å². The number of hydrogen-bond acceptors (Lipinski definition) is 3. The first kappa shape index (κ1) is 13.9. The molecule has 2 rings (SSSR count). The number of nitrogens with one attached hydrogen (secondary N) is 1. The fraction of sp³-hybridized carbons (Fsp3) is 0.533. The standard InChI is InChI=1S/C15H21NO3/c1-3-11(9-17)16-15(18)7-5-12-4-6-14(19-12)13-8-10(13)2/h4-7,10-11,13,17H,3,8-9H2,1-2H3,(H,16,18)/b7-5+/t10?,11-,13?/m1/s1. The Morgan fingerprint density at radius 2 is 2.37 bits per heavy atom. The Morgan fingerprint density at radius 1 is 1.63 bits per heavy atom. The average Bonchev–Trinajstić information content (AvgIpc) is 2.96. The second kappa shape index (κ2) is 6.06. The summed E-state index contributed by atoms with van der Waals surface area (Å²) in [5, 5.41) is 11.7. The molecule has 0 aliphatic heterocycles. The van der Waals surface area contributed by atoms with E-state index in [1.54, 1.807) is 6.08 Å². The van der Waals surface area contributed by atoms with Crippen LogP contribution in [0.5, 0.6) is 0 Å². The molecule has 1 fully saturated rings. The van der Waals surface area contributed by atoms with Gasteiger partial charge in [-0.2, -0.15) is 0 Å². The summed E-state index contributed by atoms with van der Waals surface area (Å²) in [7, 11) is 0. The van der Waals surface area contributed by atoms with Crippen molar-refractivity contribution in [3.05, 3.63) is 29.7 Å². The van der Waals surface area contributed by atoms with E-state index in [4.69, 9.17) is 9.52 Å². The van der Waals surface area contributed by atoms with Gasteiger partial charge in [0.15, 0.2) is 0 Å². The normalized spacial score (nSPS) is 23.5. The Kier molecular flexibility index (Phi) is 4.43. The van der Waals surface area contributed by atoms with Crippen LogP contribution in [0.1, 0.15) is 44.1 Å². The molecular weight excluding hydrogens is 242 g/mol. The van der Waals surface area contributed by atoms with Gasteiger partial charge in [-0.1, -0.05) is 13.8 Å². The van der Waals surface area contributed by atoms with Crippen LogP contribution in [0.3, 0.4) is 0 Å². The highest BCUT2D eigenvalue weighted by molar-refractivity contribution is 5.91. The largest absolute Gasteiger partial charge is 0.461 e. The van der Waals surface area contributed by atoms with Gasteiger partial charge in [-0.05, 0) is 37.0 Å². The highest BCUT2D eigenvalue weighted by Crippen LogP contribution is 2.47. The maximum Gasteiger partial charge on any atom is 0.244 e. The summed E-state index contributed by atoms with van der Waals surface area (Å²) in [6, 6.07) is 3.68. The molecule has 0 radical (unpaired) electrons. The third-order valence-corrected chi connectivity index (χ3v) is 3.58. The molecule has 104 valence electrons. The Hall–Kier alpha value is -1.55. The molecule has 2 unspecified atom stereocenters. The molecular formula is C15H21NO3. The summed E-state index contributed by atoms with van der Waals surface area (Å²) in [4.78, 5) is 11.6. The van der Waals surface area contributed by atoms with E-state index in [-0.39, 0.29) is 18.6 Å². The second-order valence-corrected chi connectivity index (χ2v) is 5.19. The Balaban J connectivity index is 1.87. The predicted octanol–water partition coefficient (Wildman–Crippen LogP) is 2.30. The predicted molar refractivity (Wildman–Crippen MR) is 73.6 cm³/mol. The molecule has 0 aromatic carbocycles. The number of aliphatic hydroxyl groups excluding tert-OH is 1. The van der Waals surface area contributed by atoms with Crippen LogP contribution in [0.25, 0.3) is 6.08 Å². The summed E-state index contributed by atoms with van der Waals surface area (Å²) in [6.45, 7) is 4.08. The Bertz CT molecular complexity index is 460. The van der Waals surface area contributed by atoms with Crippen molar-refractivity contribution in [2.45, 2.75) is 38.6 Å². The van der Waals surface area contributed by atoms with Gasteiger partial charge in [0.05, 0.1) is 12.6 Å². The third-order valence-electron chi connectivity index (χ3n) is 3.58. The van der Waals surface area contributed by atoms with Crippen molar-refractivity contribution in [1.29, 1.82) is 0 Å². The van der Waals surface area contributed by atoms with E-state index in [9.17, 15) is 4.79 Å². The van der Waals surface area contributed by atoms with Crippen LogP contribution in [0.4, 0.5) is 0 Å². The van der Waals surface area contributed by atoms with Gasteiger partial charge in [0.25, 0.3) is 0 Å². The minimum absolute atomic E-state index is 0.0411. The molecule has 3 atom stereocenters. The summed E-state index contributed by atoms with van der Waals surface area (Å²) in [5.41, 5.74) is 0. The number of aliphatic hydroxyl groups is 1. The van der Waals surface area contributed by atoms with Crippen molar-refractivity contribution in [1.82, 2.24) is 5.32 Å². The quantitative estimate of drug-likeness (QED) is 0.774. The van der Waals surface area contributed by atoms with Crippen molar-refractivity contribution in [2.75, 3.05) is 6.61 Å². The van der Waals surface area contributed by atoms with Crippen LogP contribution < -0.4 is 5.32 Å². The molecule has 1 heterocycles. The first-order valence-corrected chi connectivity index (χ1v) is 6.83. The minimum atomic E-state index is -0.210. The molecule has 1 aliphatic rings. The number of amides is 1. The third kappa shape index (κ3) is 3.70. The van der Waals surface area contributed by atoms with Crippen molar-refractivity contribution in [3.63, 3.8) is 0 Å². The summed E-state index contributed by atoms with van der Waals surface area (Å²) >= 11 is 0. The Morgan fingerprint density at radius 3 is 2.95 bits per heavy atom. The summed E-state index contributed by atoms with van der Waals surface area (Å²) < 4.78 is 5.67. The fourth-order valence-electron chi connectivity index (χ4n) is 2.06. The van der Waals surface area contributed by atoms with E-state index in [0.29, 0.717) is 24.0 Å². The van der Waals surface area contributed by atoms with Gasteiger partial charge in [-0.3, -0.25) is 4.79 Å². The van der Waals surface area contributed by atoms with Crippen molar-refractivity contribution < 1.29 is 14.3 Å². The molecule has 19 heavy (non-hydrogen) atoms. The molecule has 0 spiro atoms. The van der Waals surface area contributed by atoms with E-state index >= 15 is 0 Å². The molecule has 4 heteroatoms. The first-order valence-electron chi connectivity index (χ1n) is 6.83. The van der Waals surface area contributed by atoms with Gasteiger partial charge in [0, 0.05) is 12.0 Å². The maximum absolute atomic E-state index is 11.6. The smallest absolute Gasteiger partial charge is 0.244 e. The lowest BCUT2D eigenvalue weighted by Gasteiger charge is -2.11. The van der Waals surface area contributed by atoms with E-state index in [2.05, 4.69) is 12.2 Å². The number of carbonyl (C=O) groups excluding carboxylic acids is 1. The molecule has 4 nitrogen and oxygen atoms in total. The lowest BCUT2D eigenvalue weighted by molar-refractivity contribution is -0.117. The maximum atomic E-state index is 11.6. The van der Waals surface area contributed by atoms with Gasteiger partial charge in [0.2, 0.25) is 5.91 Å². The molecule has 2 N–H and O–H groups in total. The van der Waals surface area contributed by atoms with Gasteiger partial charge in [0.1, 0.15) is 11.5 Å². The van der Waals surface area contributed by atoms with Gasteiger partial charge < -0.3 is 14.8 Å². The first-order chi connectivity index (χ1) is 9.13. The molecule has 0 saturated heterocycles. The zero-order chi connectivity index (χ0) is 13.8. The lowest BCUT2D eigenvalue weighted by atomic mass is 10.2. The molecule has 1 aromatic heterocycles. The molecule has 1 aliphatic carbocycles. The number of furan rings is 1. The lowest BCUT2D eigenvalue weighted by Crippen LogP contribution is -2.35. The zero-order valence-corrected chi connectivity index (χ0v) is 11.4. The van der Waals surface area contributed by atoms with Gasteiger partial charge in [-0.25, -0.2) is 0 Å². The summed E-state index contributed by atoms with van der Waals surface area (Å²) in [5.74, 6) is 2.75. The summed E-state index contributed by atoms with van der Waals surface area (Å²) in [6.07, 6.45) is 5.00. The average molecular weight is 263 g/mol. The molecule has 0 bridgehead atoms. The van der Waals surface area contributed by atoms with Gasteiger partial charge in [-0.15, -0.1) is 0 Å². The number of carbonyl (C=O) groups is 1. The fourth-order valence-corrected chi connectivity index (χ4v) is 2.06. The monoisotopic (exact) mass is 263 g/mol. The van der Waals surface area contributed by atoms with Crippen molar-refractivity contribution in [2.24, 2.45) is 5.92 Å². The minimum Gasteiger partial charge on any atom is -0.461 e. The van der Waals surface area contributed by atoms with Crippen LogP contribution in [0.2, 0.25) is 0 Å². The highest BCUT2D eigenvalue weighted by Gasteiger charge is 2.36. The molecule has 1 saturated carbocycles. The van der Waals surface area contributed by atoms with Crippen molar-refractivity contribution in [3.8, 4) is 0 Å². The van der Waals surface area contributed by atoms with Crippen LogP contribution in [0, 0.1) is 5.92 Å². The Labute approximate surface area is 113 Å². The van der Waals surface area contributed by atoms with E-state index in [1.165, 1.54) is 12.5 Å². The van der Waals surface area contributed by atoms with Gasteiger partial charge >= 0.3 is 0 Å². The molecule has 1 aromatic rings. The topological polar surface area (TPSA) is 62.5 Å². The number of hydrogen-bond donors (Lipinski definition) is 2. The van der Waals surface area contributed by atoms with Crippen LogP contribution in [0.15, 0.2) is 22.6 Å². The van der Waals surface area contributed by atoms with Crippen LogP contribution in [-0.2, 0) is 4.79 Å². The number of rotatable bonds is 6. The second-order valence-electron chi connectivity index (χ2n) is 5.19. The van der Waals surface area contributed by atoms with E-state index < -0.39 is 0 Å². The van der Waals surface area contributed by atoms with E-state index in [0.717, 1.165) is 5.76 Å². The zero-order valence-electron chi connectivity index (χ0n) is 11.4. The highest BCUT2D eigenvalue weighted by atomic mass is 16.3. The van der Waals surface area contributed by atoms with E-state index in [1.807, 2.05) is 19.1 Å².